The number of aryl methyl sites for hydroxylation is 1. The molecule has 0 fully saturated rings. The first-order chi connectivity index (χ1) is 13.6. The van der Waals surface area contributed by atoms with E-state index >= 15 is 0 Å². The minimum Gasteiger partial charge on any atom is -0.493 e. The number of hydrogen-bond donors (Lipinski definition) is 0. The summed E-state index contributed by atoms with van der Waals surface area (Å²) >= 11 is 0. The normalized spacial score (nSPS) is 12.4. The molecule has 0 N–H and O–H groups in total. The second-order valence-electron chi connectivity index (χ2n) is 6.58. The van der Waals surface area contributed by atoms with E-state index in [0.29, 0.717) is 50.6 Å². The van der Waals surface area contributed by atoms with Gasteiger partial charge in [0.15, 0.2) is 23.0 Å². The number of fused-ring (bicyclic) bond motifs is 1. The van der Waals surface area contributed by atoms with Crippen molar-refractivity contribution in [2.45, 2.75) is 26.3 Å². The molecule has 0 unspecified atom stereocenters. The minimum atomic E-state index is 0.118. The maximum atomic E-state index is 12.7. The fourth-order valence-electron chi connectivity index (χ4n) is 3.23. The lowest BCUT2D eigenvalue weighted by atomic mass is 10.1. The molecule has 1 heterocycles. The van der Waals surface area contributed by atoms with Gasteiger partial charge < -0.3 is 23.8 Å². The summed E-state index contributed by atoms with van der Waals surface area (Å²) in [6.45, 7) is 4.31. The van der Waals surface area contributed by atoms with Gasteiger partial charge in [-0.15, -0.1) is 0 Å². The summed E-state index contributed by atoms with van der Waals surface area (Å²) in [5.41, 5.74) is 2.08. The first-order valence-corrected chi connectivity index (χ1v) is 9.51. The van der Waals surface area contributed by atoms with Gasteiger partial charge in [0.25, 0.3) is 0 Å². The van der Waals surface area contributed by atoms with Crippen molar-refractivity contribution in [3.63, 3.8) is 0 Å². The molecular weight excluding hydrogens is 358 g/mol. The Hall–Kier alpha value is -2.89. The number of hydrogen-bond acceptors (Lipinski definition) is 5. The zero-order chi connectivity index (χ0) is 19.9. The third kappa shape index (κ3) is 4.68. The second-order valence-corrected chi connectivity index (χ2v) is 6.58. The molecule has 6 nitrogen and oxygen atoms in total. The monoisotopic (exact) mass is 385 g/mol. The highest BCUT2D eigenvalue weighted by Crippen LogP contribution is 2.31. The highest BCUT2D eigenvalue weighted by molar-refractivity contribution is 5.76. The molecule has 28 heavy (non-hydrogen) atoms. The van der Waals surface area contributed by atoms with Crippen molar-refractivity contribution in [1.82, 2.24) is 4.90 Å². The molecule has 6 heteroatoms. The van der Waals surface area contributed by atoms with Crippen LogP contribution in [-0.4, -0.2) is 44.8 Å². The second kappa shape index (κ2) is 9.35. The van der Waals surface area contributed by atoms with Gasteiger partial charge in [-0.25, -0.2) is 0 Å². The van der Waals surface area contributed by atoms with E-state index in [1.165, 1.54) is 0 Å². The smallest absolute Gasteiger partial charge is 0.223 e. The molecule has 150 valence electrons. The molecule has 0 radical (unpaired) electrons. The number of methoxy groups -OCH3 is 2. The summed E-state index contributed by atoms with van der Waals surface area (Å²) in [5.74, 6) is 2.99. The highest BCUT2D eigenvalue weighted by atomic mass is 16.6. The third-order valence-corrected chi connectivity index (χ3v) is 4.79. The van der Waals surface area contributed by atoms with Crippen molar-refractivity contribution in [3.8, 4) is 23.0 Å². The van der Waals surface area contributed by atoms with E-state index < -0.39 is 0 Å². The van der Waals surface area contributed by atoms with Crippen LogP contribution in [0.2, 0.25) is 0 Å². The lowest BCUT2D eigenvalue weighted by Gasteiger charge is -2.22. The summed E-state index contributed by atoms with van der Waals surface area (Å²) in [6, 6.07) is 11.6. The van der Waals surface area contributed by atoms with Crippen LogP contribution in [0.4, 0.5) is 0 Å². The molecular formula is C22H27NO5. The minimum absolute atomic E-state index is 0.118. The van der Waals surface area contributed by atoms with Crippen molar-refractivity contribution < 1.29 is 23.7 Å². The third-order valence-electron chi connectivity index (χ3n) is 4.79. The average Bonchev–Trinajstić information content (AvgIpc) is 2.75. The summed E-state index contributed by atoms with van der Waals surface area (Å²) in [6.07, 6.45) is 1.11. The molecule has 0 spiro atoms. The summed E-state index contributed by atoms with van der Waals surface area (Å²) in [7, 11) is 3.22. The van der Waals surface area contributed by atoms with Crippen LogP contribution in [0.25, 0.3) is 0 Å². The Bertz CT molecular complexity index is 821. The van der Waals surface area contributed by atoms with Crippen LogP contribution in [0.3, 0.4) is 0 Å². The zero-order valence-corrected chi connectivity index (χ0v) is 16.7. The predicted molar refractivity (Wildman–Crippen MR) is 106 cm³/mol. The van der Waals surface area contributed by atoms with Crippen LogP contribution < -0.4 is 18.9 Å². The maximum Gasteiger partial charge on any atom is 0.223 e. The van der Waals surface area contributed by atoms with Crippen LogP contribution in [0.15, 0.2) is 36.4 Å². The van der Waals surface area contributed by atoms with Crippen molar-refractivity contribution in [1.29, 1.82) is 0 Å². The van der Waals surface area contributed by atoms with E-state index in [9.17, 15) is 4.79 Å². The SMILES string of the molecule is CCN(Cc1ccc(OC)c(OC)c1)C(=O)CCc1ccc2c(c1)OCCO2. The highest BCUT2D eigenvalue weighted by Gasteiger charge is 2.16. The van der Waals surface area contributed by atoms with Crippen LogP contribution in [0, 0.1) is 0 Å². The van der Waals surface area contributed by atoms with Gasteiger partial charge in [-0.2, -0.15) is 0 Å². The molecule has 0 saturated carbocycles. The van der Waals surface area contributed by atoms with Crippen molar-refractivity contribution >= 4 is 5.91 Å². The van der Waals surface area contributed by atoms with Crippen LogP contribution >= 0.6 is 0 Å². The number of ether oxygens (including phenoxy) is 4. The molecule has 0 saturated heterocycles. The lowest BCUT2D eigenvalue weighted by Crippen LogP contribution is -2.30. The summed E-state index contributed by atoms with van der Waals surface area (Å²) in [5, 5.41) is 0. The molecule has 2 aromatic rings. The van der Waals surface area contributed by atoms with Gasteiger partial charge in [-0.1, -0.05) is 12.1 Å². The molecule has 0 atom stereocenters. The van der Waals surface area contributed by atoms with Gasteiger partial charge in [0.2, 0.25) is 5.91 Å². The Morgan fingerprint density at radius 3 is 2.39 bits per heavy atom. The molecule has 1 aliphatic rings. The first-order valence-electron chi connectivity index (χ1n) is 9.51. The largest absolute Gasteiger partial charge is 0.493 e. The quantitative estimate of drug-likeness (QED) is 0.697. The fourth-order valence-corrected chi connectivity index (χ4v) is 3.23. The molecule has 2 aromatic carbocycles. The Morgan fingerprint density at radius 1 is 0.964 bits per heavy atom. The Balaban J connectivity index is 1.60. The molecule has 0 aromatic heterocycles. The van der Waals surface area contributed by atoms with E-state index in [1.807, 2.05) is 48.2 Å². The van der Waals surface area contributed by atoms with Gasteiger partial charge in [-0.3, -0.25) is 4.79 Å². The Kier molecular flexibility index (Phi) is 6.63. The number of amides is 1. The standard InChI is InChI=1S/C22H27NO5/c1-4-23(15-17-6-8-18(25-2)20(14-17)26-3)22(24)10-7-16-5-9-19-21(13-16)28-12-11-27-19/h5-6,8-9,13-14H,4,7,10-12,15H2,1-3H3. The van der Waals surface area contributed by atoms with E-state index in [2.05, 4.69) is 0 Å². The average molecular weight is 385 g/mol. The Labute approximate surface area is 166 Å². The van der Waals surface area contributed by atoms with Crippen LogP contribution in [0.5, 0.6) is 23.0 Å². The molecule has 3 rings (SSSR count). The van der Waals surface area contributed by atoms with Gasteiger partial charge in [0, 0.05) is 19.5 Å². The molecule has 0 bridgehead atoms. The van der Waals surface area contributed by atoms with Crippen molar-refractivity contribution in [2.24, 2.45) is 0 Å². The van der Waals surface area contributed by atoms with Gasteiger partial charge in [0.1, 0.15) is 13.2 Å². The number of benzene rings is 2. The first kappa shape index (κ1) is 19.9. The lowest BCUT2D eigenvalue weighted by molar-refractivity contribution is -0.131. The number of rotatable bonds is 8. The predicted octanol–water partition coefficient (Wildman–Crippen LogP) is 3.46. The van der Waals surface area contributed by atoms with Crippen LogP contribution in [-0.2, 0) is 17.8 Å². The number of carbonyl (C=O) groups excluding carboxylic acids is 1. The molecule has 1 amide bonds. The summed E-state index contributed by atoms with van der Waals surface area (Å²) < 4.78 is 21.8. The number of carbonyl (C=O) groups is 1. The number of nitrogens with zero attached hydrogens (tertiary/aromatic N) is 1. The van der Waals surface area contributed by atoms with Crippen molar-refractivity contribution in [3.05, 3.63) is 47.5 Å². The zero-order valence-electron chi connectivity index (χ0n) is 16.7. The Morgan fingerprint density at radius 2 is 1.68 bits per heavy atom. The topological polar surface area (TPSA) is 57.2 Å². The molecule has 1 aliphatic heterocycles. The fraction of sp³-hybridized carbons (Fsp3) is 0.409. The van der Waals surface area contributed by atoms with E-state index in [4.69, 9.17) is 18.9 Å². The van der Waals surface area contributed by atoms with Gasteiger partial charge in [0.05, 0.1) is 14.2 Å². The van der Waals surface area contributed by atoms with E-state index in [0.717, 1.165) is 22.6 Å². The summed E-state index contributed by atoms with van der Waals surface area (Å²) in [4.78, 5) is 14.6. The maximum absolute atomic E-state index is 12.7. The van der Waals surface area contributed by atoms with Gasteiger partial charge >= 0.3 is 0 Å². The molecule has 0 aliphatic carbocycles. The van der Waals surface area contributed by atoms with E-state index in [1.54, 1.807) is 14.2 Å². The van der Waals surface area contributed by atoms with E-state index in [-0.39, 0.29) is 5.91 Å². The van der Waals surface area contributed by atoms with Crippen molar-refractivity contribution in [2.75, 3.05) is 34.0 Å². The van der Waals surface area contributed by atoms with Gasteiger partial charge in [-0.05, 0) is 48.7 Å². The van der Waals surface area contributed by atoms with Crippen LogP contribution in [0.1, 0.15) is 24.5 Å².